The predicted molar refractivity (Wildman–Crippen MR) is 219 cm³/mol. The van der Waals surface area contributed by atoms with Crippen molar-refractivity contribution in [1.29, 1.82) is 0 Å². The molecular weight excluding hydrogens is 707 g/mol. The summed E-state index contributed by atoms with van der Waals surface area (Å²) in [7, 11) is -4.62. The number of aliphatic hydroxyl groups excluding tert-OH is 2. The summed E-state index contributed by atoms with van der Waals surface area (Å²) in [5.74, 6) is -0.936. The fourth-order valence-electron chi connectivity index (χ4n) is 5.92. The number of esters is 2. The molecule has 0 fully saturated rings. The van der Waals surface area contributed by atoms with Crippen LogP contribution in [0.2, 0.25) is 0 Å². The fraction of sp³-hybridized carbons (Fsp3) is 0.860. The third-order valence-corrected chi connectivity index (χ3v) is 10.3. The second kappa shape index (κ2) is 39.7. The highest BCUT2D eigenvalue weighted by atomic mass is 31.2. The number of aliphatic hydroxyl groups is 2. The van der Waals surface area contributed by atoms with Gasteiger partial charge in [-0.3, -0.25) is 18.6 Å². The second-order valence-corrected chi connectivity index (χ2v) is 16.2. The van der Waals surface area contributed by atoms with Crippen LogP contribution in [-0.4, -0.2) is 65.7 Å². The molecule has 0 aliphatic heterocycles. The van der Waals surface area contributed by atoms with E-state index in [1.54, 1.807) is 0 Å². The smallest absolute Gasteiger partial charge is 0.462 e. The molecule has 0 radical (unpaired) electrons. The Bertz CT molecular complexity index is 957. The SMILES string of the molecule is CCCCC/C=C\CCCCCCCC(=O)OC[C@H](COP(=O)(O)OC[C@@H](O)CO)OC(=O)CCCCCCCCC/C=C\CCCCCCCCCC. The van der Waals surface area contributed by atoms with E-state index >= 15 is 0 Å². The number of allylic oxidation sites excluding steroid dienone is 4. The molecule has 54 heavy (non-hydrogen) atoms. The highest BCUT2D eigenvalue weighted by molar-refractivity contribution is 7.47. The molecule has 0 aliphatic carbocycles. The summed E-state index contributed by atoms with van der Waals surface area (Å²) in [4.78, 5) is 34.9. The molecule has 0 spiro atoms. The standard InChI is InChI=1S/C43H81O10P/c1-3-5-7-9-11-13-15-17-18-19-20-21-22-23-25-27-29-31-33-35-43(47)53-41(39-52-54(48,49)51-37-40(45)36-44)38-50-42(46)34-32-30-28-26-24-16-14-12-10-8-6-4-2/h12,14,19-20,40-41,44-45H,3-11,13,15-18,21-39H2,1-2H3,(H,48,49)/b14-12-,20-19-/t40-,41+/m0/s1. The van der Waals surface area contributed by atoms with Crippen molar-refractivity contribution < 1.29 is 47.8 Å². The van der Waals surface area contributed by atoms with Crippen molar-refractivity contribution in [2.24, 2.45) is 0 Å². The van der Waals surface area contributed by atoms with E-state index in [-0.39, 0.29) is 19.4 Å². The average molecular weight is 789 g/mol. The van der Waals surface area contributed by atoms with Gasteiger partial charge in [-0.15, -0.1) is 0 Å². The molecule has 1 unspecified atom stereocenters. The Morgan fingerprint density at radius 3 is 1.37 bits per heavy atom. The van der Waals surface area contributed by atoms with Gasteiger partial charge in [0.25, 0.3) is 0 Å². The third kappa shape index (κ3) is 38.7. The minimum Gasteiger partial charge on any atom is -0.462 e. The normalized spacial score (nSPS) is 14.1. The molecule has 0 bridgehead atoms. The number of hydrogen-bond donors (Lipinski definition) is 3. The number of unbranched alkanes of at least 4 members (excludes halogenated alkanes) is 23. The zero-order valence-electron chi connectivity index (χ0n) is 34.4. The quantitative estimate of drug-likeness (QED) is 0.0236. The van der Waals surface area contributed by atoms with Crippen LogP contribution in [0.3, 0.4) is 0 Å². The van der Waals surface area contributed by atoms with E-state index in [2.05, 4.69) is 42.7 Å². The average Bonchev–Trinajstić information content (AvgIpc) is 3.16. The van der Waals surface area contributed by atoms with Gasteiger partial charge in [0.2, 0.25) is 0 Å². The van der Waals surface area contributed by atoms with Gasteiger partial charge < -0.3 is 24.6 Å². The molecule has 3 atom stereocenters. The lowest BCUT2D eigenvalue weighted by Gasteiger charge is -2.20. The van der Waals surface area contributed by atoms with Crippen LogP contribution in [0.5, 0.6) is 0 Å². The Morgan fingerprint density at radius 2 is 0.907 bits per heavy atom. The molecule has 0 amide bonds. The zero-order chi connectivity index (χ0) is 39.8. The molecule has 11 heteroatoms. The number of phosphoric acid groups is 1. The van der Waals surface area contributed by atoms with Crippen LogP contribution in [0.1, 0.15) is 200 Å². The molecule has 3 N–H and O–H groups in total. The Balaban J connectivity index is 4.27. The highest BCUT2D eigenvalue weighted by Crippen LogP contribution is 2.43. The van der Waals surface area contributed by atoms with Crippen molar-refractivity contribution in [2.75, 3.05) is 26.4 Å². The van der Waals surface area contributed by atoms with Crippen LogP contribution < -0.4 is 0 Å². The van der Waals surface area contributed by atoms with Crippen LogP contribution in [0.4, 0.5) is 0 Å². The van der Waals surface area contributed by atoms with Crippen molar-refractivity contribution in [1.82, 2.24) is 0 Å². The Hall–Kier alpha value is -1.55. The summed E-state index contributed by atoms with van der Waals surface area (Å²) < 4.78 is 32.7. The fourth-order valence-corrected chi connectivity index (χ4v) is 6.71. The van der Waals surface area contributed by atoms with Crippen LogP contribution in [0.25, 0.3) is 0 Å². The van der Waals surface area contributed by atoms with E-state index in [9.17, 15) is 24.2 Å². The number of hydrogen-bond acceptors (Lipinski definition) is 9. The lowest BCUT2D eigenvalue weighted by atomic mass is 10.1. The first-order chi connectivity index (χ1) is 26.2. The number of carbonyl (C=O) groups excluding carboxylic acids is 2. The van der Waals surface area contributed by atoms with Gasteiger partial charge in [-0.05, 0) is 64.2 Å². The summed E-state index contributed by atoms with van der Waals surface area (Å²) in [5.41, 5.74) is 0. The third-order valence-electron chi connectivity index (χ3n) is 9.33. The lowest BCUT2D eigenvalue weighted by Crippen LogP contribution is -2.29. The summed E-state index contributed by atoms with van der Waals surface area (Å²) in [6.45, 7) is 2.35. The topological polar surface area (TPSA) is 149 Å². The molecule has 0 heterocycles. The van der Waals surface area contributed by atoms with Gasteiger partial charge >= 0.3 is 19.8 Å². The Kier molecular flexibility index (Phi) is 38.5. The van der Waals surface area contributed by atoms with Gasteiger partial charge in [0, 0.05) is 12.8 Å². The largest absolute Gasteiger partial charge is 0.472 e. The van der Waals surface area contributed by atoms with Crippen molar-refractivity contribution >= 4 is 19.8 Å². The molecule has 10 nitrogen and oxygen atoms in total. The lowest BCUT2D eigenvalue weighted by molar-refractivity contribution is -0.161. The molecule has 0 rings (SSSR count). The van der Waals surface area contributed by atoms with Crippen molar-refractivity contribution in [3.63, 3.8) is 0 Å². The molecule has 318 valence electrons. The minimum atomic E-state index is -4.62. The first-order valence-electron chi connectivity index (χ1n) is 21.8. The molecule has 0 saturated heterocycles. The number of phosphoric ester groups is 1. The molecule has 0 saturated carbocycles. The first-order valence-corrected chi connectivity index (χ1v) is 23.3. The number of rotatable bonds is 41. The van der Waals surface area contributed by atoms with Crippen LogP contribution in [0.15, 0.2) is 24.3 Å². The van der Waals surface area contributed by atoms with E-state index in [0.29, 0.717) is 12.8 Å². The van der Waals surface area contributed by atoms with E-state index < -0.39 is 51.8 Å². The van der Waals surface area contributed by atoms with Gasteiger partial charge in [-0.25, -0.2) is 4.57 Å². The highest BCUT2D eigenvalue weighted by Gasteiger charge is 2.27. The van der Waals surface area contributed by atoms with Crippen molar-refractivity contribution in [3.05, 3.63) is 24.3 Å². The van der Waals surface area contributed by atoms with E-state index in [4.69, 9.17) is 19.1 Å². The monoisotopic (exact) mass is 789 g/mol. The van der Waals surface area contributed by atoms with E-state index in [1.165, 1.54) is 96.3 Å². The molecule has 0 aromatic rings. The number of ether oxygens (including phenoxy) is 2. The maximum absolute atomic E-state index is 12.6. The van der Waals surface area contributed by atoms with E-state index in [1.807, 2.05) is 0 Å². The summed E-state index contributed by atoms with van der Waals surface area (Å²) in [6, 6.07) is 0. The van der Waals surface area contributed by atoms with Gasteiger partial charge in [-0.2, -0.15) is 0 Å². The Morgan fingerprint density at radius 1 is 0.537 bits per heavy atom. The van der Waals surface area contributed by atoms with Gasteiger partial charge in [0.05, 0.1) is 19.8 Å². The zero-order valence-corrected chi connectivity index (χ0v) is 35.3. The van der Waals surface area contributed by atoms with Crippen LogP contribution in [-0.2, 0) is 32.7 Å². The van der Waals surface area contributed by atoms with Gasteiger partial charge in [0.15, 0.2) is 6.10 Å². The summed E-state index contributed by atoms with van der Waals surface area (Å²) >= 11 is 0. The van der Waals surface area contributed by atoms with E-state index in [0.717, 1.165) is 64.2 Å². The molecule has 0 aromatic carbocycles. The molecule has 0 aromatic heterocycles. The van der Waals surface area contributed by atoms with Gasteiger partial charge in [-0.1, -0.05) is 147 Å². The maximum Gasteiger partial charge on any atom is 0.472 e. The maximum atomic E-state index is 12.6. The second-order valence-electron chi connectivity index (χ2n) is 14.7. The first kappa shape index (κ1) is 52.5. The molecule has 0 aliphatic rings. The van der Waals surface area contributed by atoms with Gasteiger partial charge in [0.1, 0.15) is 12.7 Å². The van der Waals surface area contributed by atoms with Crippen molar-refractivity contribution in [2.45, 2.75) is 212 Å². The van der Waals surface area contributed by atoms with Crippen molar-refractivity contribution in [3.8, 4) is 0 Å². The summed E-state index contributed by atoms with van der Waals surface area (Å²) in [6.07, 6.45) is 38.6. The van der Waals surface area contributed by atoms with Crippen LogP contribution in [0, 0.1) is 0 Å². The number of carbonyl (C=O) groups is 2. The Labute approximate surface area is 329 Å². The predicted octanol–water partition coefficient (Wildman–Crippen LogP) is 11.4. The minimum absolute atomic E-state index is 0.179. The molecular formula is C43H81O10P. The van der Waals surface area contributed by atoms with Crippen LogP contribution >= 0.6 is 7.82 Å². The summed E-state index contributed by atoms with van der Waals surface area (Å²) in [5, 5.41) is 18.3.